The van der Waals surface area contributed by atoms with Crippen molar-refractivity contribution >= 4 is 21.8 Å². The Bertz CT molecular complexity index is 823. The van der Waals surface area contributed by atoms with Gasteiger partial charge in [-0.2, -0.15) is 10.2 Å². The molecule has 0 spiro atoms. The van der Waals surface area contributed by atoms with Gasteiger partial charge in [-0.05, 0) is 12.1 Å². The maximum atomic E-state index is 4.56. The fourth-order valence-corrected chi connectivity index (χ4v) is 2.39. The predicted octanol–water partition coefficient (Wildman–Crippen LogP) is 2.96. The van der Waals surface area contributed by atoms with Crippen molar-refractivity contribution in [2.24, 2.45) is 0 Å². The fraction of sp³-hybridized carbons (Fsp3) is 0.0667. The van der Waals surface area contributed by atoms with Crippen LogP contribution in [0.25, 0.3) is 21.8 Å². The Balaban J connectivity index is 1.78. The Morgan fingerprint density at radius 3 is 2.63 bits per heavy atom. The molecule has 4 aromatic rings. The SMILES string of the molecule is c1ccc2nn(Cc3[nH]nc4ccccc34)cc2c1. The van der Waals surface area contributed by atoms with Crippen molar-refractivity contribution in [1.29, 1.82) is 0 Å². The molecular weight excluding hydrogens is 236 g/mol. The van der Waals surface area contributed by atoms with E-state index in [1.807, 2.05) is 41.1 Å². The number of hydrogen-bond donors (Lipinski definition) is 1. The van der Waals surface area contributed by atoms with Crippen LogP contribution in [0.15, 0.2) is 54.7 Å². The number of para-hydroxylation sites is 1. The minimum absolute atomic E-state index is 0.704. The lowest BCUT2D eigenvalue weighted by atomic mass is 10.2. The Kier molecular flexibility index (Phi) is 2.14. The molecule has 0 aliphatic heterocycles. The predicted molar refractivity (Wildman–Crippen MR) is 74.9 cm³/mol. The second-order valence-corrected chi connectivity index (χ2v) is 4.60. The molecule has 0 saturated heterocycles. The third-order valence-electron chi connectivity index (χ3n) is 3.32. The van der Waals surface area contributed by atoms with Gasteiger partial charge in [0, 0.05) is 17.0 Å². The molecule has 4 nitrogen and oxygen atoms in total. The van der Waals surface area contributed by atoms with Gasteiger partial charge in [-0.25, -0.2) is 0 Å². The lowest BCUT2D eigenvalue weighted by Crippen LogP contribution is -2.00. The highest BCUT2D eigenvalue weighted by molar-refractivity contribution is 5.81. The first-order valence-corrected chi connectivity index (χ1v) is 6.24. The molecule has 4 heteroatoms. The number of rotatable bonds is 2. The van der Waals surface area contributed by atoms with Crippen molar-refractivity contribution in [3.8, 4) is 0 Å². The summed E-state index contributed by atoms with van der Waals surface area (Å²) in [5, 5.41) is 14.3. The van der Waals surface area contributed by atoms with Gasteiger partial charge in [-0.15, -0.1) is 0 Å². The molecule has 0 unspecified atom stereocenters. The van der Waals surface area contributed by atoms with Gasteiger partial charge < -0.3 is 0 Å². The van der Waals surface area contributed by atoms with E-state index in [9.17, 15) is 0 Å². The lowest BCUT2D eigenvalue weighted by molar-refractivity contribution is 0.681. The van der Waals surface area contributed by atoms with Crippen LogP contribution in [-0.2, 0) is 6.54 Å². The van der Waals surface area contributed by atoms with Crippen LogP contribution in [0, 0.1) is 0 Å². The van der Waals surface area contributed by atoms with E-state index in [1.54, 1.807) is 0 Å². The van der Waals surface area contributed by atoms with Gasteiger partial charge >= 0.3 is 0 Å². The molecule has 0 saturated carbocycles. The van der Waals surface area contributed by atoms with Crippen molar-refractivity contribution < 1.29 is 0 Å². The lowest BCUT2D eigenvalue weighted by Gasteiger charge is -1.98. The van der Waals surface area contributed by atoms with Crippen molar-refractivity contribution in [2.75, 3.05) is 0 Å². The largest absolute Gasteiger partial charge is 0.279 e. The zero-order valence-electron chi connectivity index (χ0n) is 10.2. The van der Waals surface area contributed by atoms with Gasteiger partial charge in [-0.3, -0.25) is 9.78 Å². The van der Waals surface area contributed by atoms with E-state index in [0.717, 1.165) is 27.5 Å². The van der Waals surface area contributed by atoms with Crippen LogP contribution in [0.4, 0.5) is 0 Å². The normalized spacial score (nSPS) is 11.4. The molecule has 0 atom stereocenters. The molecule has 1 N–H and O–H groups in total. The van der Waals surface area contributed by atoms with Gasteiger partial charge in [-0.1, -0.05) is 36.4 Å². The van der Waals surface area contributed by atoms with Crippen LogP contribution in [0.2, 0.25) is 0 Å². The summed E-state index contributed by atoms with van der Waals surface area (Å²) in [6.45, 7) is 0.704. The molecule has 2 heterocycles. The number of aromatic amines is 1. The summed E-state index contributed by atoms with van der Waals surface area (Å²) in [6.07, 6.45) is 2.06. The van der Waals surface area contributed by atoms with Gasteiger partial charge in [0.2, 0.25) is 0 Å². The maximum Gasteiger partial charge on any atom is 0.0924 e. The van der Waals surface area contributed by atoms with Crippen molar-refractivity contribution in [3.63, 3.8) is 0 Å². The Morgan fingerprint density at radius 2 is 1.74 bits per heavy atom. The summed E-state index contributed by atoms with van der Waals surface area (Å²) in [5.41, 5.74) is 3.10. The molecule has 0 aliphatic carbocycles. The summed E-state index contributed by atoms with van der Waals surface area (Å²) in [5.74, 6) is 0. The average Bonchev–Trinajstić information content (AvgIpc) is 3.03. The monoisotopic (exact) mass is 248 g/mol. The van der Waals surface area contributed by atoms with E-state index in [2.05, 4.69) is 33.6 Å². The molecule has 0 amide bonds. The third kappa shape index (κ3) is 1.69. The van der Waals surface area contributed by atoms with E-state index in [-0.39, 0.29) is 0 Å². The smallest absolute Gasteiger partial charge is 0.0924 e. The van der Waals surface area contributed by atoms with Crippen molar-refractivity contribution in [1.82, 2.24) is 20.0 Å². The minimum Gasteiger partial charge on any atom is -0.279 e. The molecule has 19 heavy (non-hydrogen) atoms. The Hall–Kier alpha value is -2.62. The third-order valence-corrected chi connectivity index (χ3v) is 3.32. The number of H-pyrrole nitrogens is 1. The first-order chi connectivity index (χ1) is 9.40. The van der Waals surface area contributed by atoms with Gasteiger partial charge in [0.15, 0.2) is 0 Å². The topological polar surface area (TPSA) is 46.5 Å². The van der Waals surface area contributed by atoms with E-state index >= 15 is 0 Å². The van der Waals surface area contributed by atoms with E-state index < -0.39 is 0 Å². The standard InChI is InChI=1S/C15H12N4/c1-3-7-13-11(5-1)9-19(18-13)10-15-12-6-2-4-8-14(12)16-17-15/h1-9H,10H2,(H,16,17). The van der Waals surface area contributed by atoms with Crippen LogP contribution >= 0.6 is 0 Å². The number of aromatic nitrogens is 4. The number of nitrogens with one attached hydrogen (secondary N) is 1. The number of fused-ring (bicyclic) bond motifs is 2. The molecule has 0 aliphatic rings. The number of nitrogens with zero attached hydrogens (tertiary/aromatic N) is 3. The Labute approximate surface area is 109 Å². The molecule has 0 radical (unpaired) electrons. The molecule has 4 rings (SSSR count). The second kappa shape index (κ2) is 3.95. The van der Waals surface area contributed by atoms with Gasteiger partial charge in [0.1, 0.15) is 0 Å². The summed E-state index contributed by atoms with van der Waals surface area (Å²) in [7, 11) is 0. The molecule has 2 aromatic heterocycles. The summed E-state index contributed by atoms with van der Waals surface area (Å²) in [4.78, 5) is 0. The first-order valence-electron chi connectivity index (χ1n) is 6.24. The zero-order chi connectivity index (χ0) is 12.7. The summed E-state index contributed by atoms with van der Waals surface area (Å²) in [6, 6.07) is 16.2. The fourth-order valence-electron chi connectivity index (χ4n) is 2.39. The quantitative estimate of drug-likeness (QED) is 0.593. The van der Waals surface area contributed by atoms with Gasteiger partial charge in [0.25, 0.3) is 0 Å². The van der Waals surface area contributed by atoms with Crippen LogP contribution in [-0.4, -0.2) is 20.0 Å². The van der Waals surface area contributed by atoms with Crippen molar-refractivity contribution in [3.05, 3.63) is 60.4 Å². The van der Waals surface area contributed by atoms with E-state index in [1.165, 1.54) is 0 Å². The first kappa shape index (κ1) is 10.3. The second-order valence-electron chi connectivity index (χ2n) is 4.60. The van der Waals surface area contributed by atoms with Crippen molar-refractivity contribution in [2.45, 2.75) is 6.54 Å². The highest BCUT2D eigenvalue weighted by atomic mass is 15.3. The van der Waals surface area contributed by atoms with Crippen LogP contribution in [0.5, 0.6) is 0 Å². The van der Waals surface area contributed by atoms with E-state index in [4.69, 9.17) is 0 Å². The molecule has 2 aromatic carbocycles. The number of benzene rings is 2. The summed E-state index contributed by atoms with van der Waals surface area (Å²) < 4.78 is 1.95. The number of hydrogen-bond acceptors (Lipinski definition) is 2. The van der Waals surface area contributed by atoms with Crippen LogP contribution in [0.1, 0.15) is 5.69 Å². The minimum atomic E-state index is 0.704. The Morgan fingerprint density at radius 1 is 0.947 bits per heavy atom. The zero-order valence-corrected chi connectivity index (χ0v) is 10.2. The van der Waals surface area contributed by atoms with E-state index in [0.29, 0.717) is 6.54 Å². The van der Waals surface area contributed by atoms with Crippen LogP contribution in [0.3, 0.4) is 0 Å². The molecular formula is C15H12N4. The highest BCUT2D eigenvalue weighted by Crippen LogP contribution is 2.17. The molecule has 0 bridgehead atoms. The van der Waals surface area contributed by atoms with Crippen LogP contribution < -0.4 is 0 Å². The highest BCUT2D eigenvalue weighted by Gasteiger charge is 2.06. The molecule has 0 fully saturated rings. The molecule has 92 valence electrons. The van der Waals surface area contributed by atoms with Gasteiger partial charge in [0.05, 0.1) is 23.3 Å². The average molecular weight is 248 g/mol. The summed E-state index contributed by atoms with van der Waals surface area (Å²) >= 11 is 0. The maximum absolute atomic E-state index is 4.56.